The average molecular weight is 276 g/mol. The molecule has 1 aromatic carbocycles. The van der Waals surface area contributed by atoms with Crippen molar-refractivity contribution in [3.63, 3.8) is 0 Å². The molecule has 1 heterocycles. The Morgan fingerprint density at radius 3 is 2.63 bits per heavy atom. The summed E-state index contributed by atoms with van der Waals surface area (Å²) in [6, 6.07) is 4.24. The fourth-order valence-corrected chi connectivity index (χ4v) is 3.34. The van der Waals surface area contributed by atoms with Crippen LogP contribution in [0.5, 0.6) is 0 Å². The molecule has 0 spiro atoms. The van der Waals surface area contributed by atoms with E-state index in [1.165, 1.54) is 5.56 Å². The topological polar surface area (TPSA) is 42.0 Å². The van der Waals surface area contributed by atoms with Crippen LogP contribution in [0.25, 0.3) is 10.2 Å². The van der Waals surface area contributed by atoms with Gasteiger partial charge in [0.15, 0.2) is 5.13 Å². The summed E-state index contributed by atoms with van der Waals surface area (Å²) in [5.41, 5.74) is 3.39. The maximum absolute atomic E-state index is 12.1. The van der Waals surface area contributed by atoms with Gasteiger partial charge < -0.3 is 5.32 Å². The van der Waals surface area contributed by atoms with Gasteiger partial charge in [-0.05, 0) is 43.9 Å². The molecular weight excluding hydrogens is 256 g/mol. The third-order valence-electron chi connectivity index (χ3n) is 3.42. The number of nitrogens with zero attached hydrogens (tertiary/aromatic N) is 1. The number of hydrogen-bond acceptors (Lipinski definition) is 3. The lowest BCUT2D eigenvalue weighted by atomic mass is 10.0. The molecule has 0 aliphatic carbocycles. The van der Waals surface area contributed by atoms with E-state index in [2.05, 4.69) is 36.3 Å². The van der Waals surface area contributed by atoms with E-state index in [0.717, 1.165) is 28.6 Å². The normalized spacial score (nSPS) is 11.2. The molecule has 1 aromatic heterocycles. The zero-order valence-corrected chi connectivity index (χ0v) is 12.7. The monoisotopic (exact) mass is 276 g/mol. The highest BCUT2D eigenvalue weighted by atomic mass is 32.1. The van der Waals surface area contributed by atoms with E-state index >= 15 is 0 Å². The molecule has 2 aromatic rings. The Labute approximate surface area is 118 Å². The van der Waals surface area contributed by atoms with Gasteiger partial charge in [-0.15, -0.1) is 0 Å². The number of fused-ring (bicyclic) bond motifs is 1. The minimum Gasteiger partial charge on any atom is -0.302 e. The maximum Gasteiger partial charge on any atom is 0.229 e. The fourth-order valence-electron chi connectivity index (χ4n) is 2.29. The molecule has 0 unspecified atom stereocenters. The number of carbonyl (C=O) groups excluding carboxylic acids is 1. The van der Waals surface area contributed by atoms with Gasteiger partial charge in [0, 0.05) is 5.92 Å². The molecule has 1 N–H and O–H groups in total. The molecule has 0 bridgehead atoms. The zero-order chi connectivity index (χ0) is 14.0. The molecule has 1 amide bonds. The molecule has 0 saturated heterocycles. The van der Waals surface area contributed by atoms with Crippen molar-refractivity contribution >= 4 is 32.6 Å². The summed E-state index contributed by atoms with van der Waals surface area (Å²) in [4.78, 5) is 16.6. The molecule has 0 aliphatic rings. The molecule has 0 radical (unpaired) electrons. The highest BCUT2D eigenvalue weighted by Gasteiger charge is 2.16. The highest BCUT2D eigenvalue weighted by molar-refractivity contribution is 7.22. The van der Waals surface area contributed by atoms with Crippen LogP contribution in [-0.2, 0) is 4.79 Å². The number of rotatable bonds is 4. The van der Waals surface area contributed by atoms with Gasteiger partial charge in [-0.2, -0.15) is 0 Å². The van der Waals surface area contributed by atoms with Gasteiger partial charge in [-0.25, -0.2) is 4.98 Å². The van der Waals surface area contributed by atoms with Crippen molar-refractivity contribution in [2.75, 3.05) is 5.32 Å². The number of aromatic nitrogens is 1. The fraction of sp³-hybridized carbons (Fsp3) is 0.467. The summed E-state index contributed by atoms with van der Waals surface area (Å²) < 4.78 is 1.14. The number of hydrogen-bond donors (Lipinski definition) is 1. The Morgan fingerprint density at radius 2 is 2.00 bits per heavy atom. The van der Waals surface area contributed by atoms with Crippen LogP contribution in [0, 0.1) is 19.8 Å². The first-order chi connectivity index (χ1) is 9.05. The van der Waals surface area contributed by atoms with Gasteiger partial charge in [0.05, 0.1) is 10.2 Å². The quantitative estimate of drug-likeness (QED) is 0.905. The van der Waals surface area contributed by atoms with Crippen molar-refractivity contribution < 1.29 is 4.79 Å². The van der Waals surface area contributed by atoms with Crippen LogP contribution in [0.4, 0.5) is 5.13 Å². The van der Waals surface area contributed by atoms with Crippen LogP contribution >= 0.6 is 11.3 Å². The lowest BCUT2D eigenvalue weighted by molar-refractivity contribution is -0.120. The van der Waals surface area contributed by atoms with Gasteiger partial charge >= 0.3 is 0 Å². The lowest BCUT2D eigenvalue weighted by Crippen LogP contribution is -2.21. The van der Waals surface area contributed by atoms with Crippen molar-refractivity contribution in [1.82, 2.24) is 4.98 Å². The van der Waals surface area contributed by atoms with Crippen LogP contribution < -0.4 is 5.32 Å². The molecule has 4 heteroatoms. The van der Waals surface area contributed by atoms with Crippen LogP contribution in [0.1, 0.15) is 37.8 Å². The number of amides is 1. The third kappa shape index (κ3) is 2.95. The maximum atomic E-state index is 12.1. The second kappa shape index (κ2) is 5.70. The van der Waals surface area contributed by atoms with E-state index in [4.69, 9.17) is 0 Å². The Bertz CT molecular complexity index is 599. The first-order valence-corrected chi connectivity index (χ1v) is 7.55. The molecule has 102 valence electrons. The predicted molar refractivity (Wildman–Crippen MR) is 81.8 cm³/mol. The van der Waals surface area contributed by atoms with Crippen LogP contribution in [0.3, 0.4) is 0 Å². The SMILES string of the molecule is CCC(CC)C(=O)Nc1nc2c(C)cc(C)cc2s1. The summed E-state index contributed by atoms with van der Waals surface area (Å²) in [6.07, 6.45) is 1.73. The third-order valence-corrected chi connectivity index (χ3v) is 4.33. The number of nitrogens with one attached hydrogen (secondary N) is 1. The number of benzene rings is 1. The second-order valence-electron chi connectivity index (χ2n) is 4.95. The van der Waals surface area contributed by atoms with Crippen LogP contribution in [0.2, 0.25) is 0 Å². The summed E-state index contributed by atoms with van der Waals surface area (Å²) in [5.74, 6) is 0.160. The highest BCUT2D eigenvalue weighted by Crippen LogP contribution is 2.29. The summed E-state index contributed by atoms with van der Waals surface area (Å²) >= 11 is 1.55. The smallest absolute Gasteiger partial charge is 0.229 e. The van der Waals surface area contributed by atoms with Gasteiger partial charge in [-0.1, -0.05) is 31.3 Å². The van der Waals surface area contributed by atoms with E-state index in [0.29, 0.717) is 5.13 Å². The van der Waals surface area contributed by atoms with E-state index < -0.39 is 0 Å². The average Bonchev–Trinajstić information content (AvgIpc) is 2.73. The minimum absolute atomic E-state index is 0.0786. The molecule has 0 atom stereocenters. The molecule has 19 heavy (non-hydrogen) atoms. The first-order valence-electron chi connectivity index (χ1n) is 6.73. The number of thiazole rings is 1. The van der Waals surface area contributed by atoms with Gasteiger partial charge in [0.2, 0.25) is 5.91 Å². The first kappa shape index (κ1) is 14.0. The molecule has 0 aliphatic heterocycles. The Hall–Kier alpha value is -1.42. The number of aryl methyl sites for hydroxylation is 2. The van der Waals surface area contributed by atoms with Gasteiger partial charge in [0.1, 0.15) is 0 Å². The Kier molecular flexibility index (Phi) is 4.20. The number of anilines is 1. The minimum atomic E-state index is 0.0786. The largest absolute Gasteiger partial charge is 0.302 e. The molecular formula is C15H20N2OS. The standard InChI is InChI=1S/C15H20N2OS/c1-5-11(6-2)14(18)17-15-16-13-10(4)7-9(3)8-12(13)19-15/h7-8,11H,5-6H2,1-4H3,(H,16,17,18). The number of carbonyl (C=O) groups is 1. The summed E-state index contributed by atoms with van der Waals surface area (Å²) in [6.45, 7) is 8.22. The van der Waals surface area contributed by atoms with E-state index in [1.54, 1.807) is 11.3 Å². The lowest BCUT2D eigenvalue weighted by Gasteiger charge is -2.10. The van der Waals surface area contributed by atoms with Crippen molar-refractivity contribution in [1.29, 1.82) is 0 Å². The van der Waals surface area contributed by atoms with Crippen LogP contribution in [-0.4, -0.2) is 10.9 Å². The predicted octanol–water partition coefficient (Wildman–Crippen LogP) is 4.29. The van der Waals surface area contributed by atoms with E-state index in [9.17, 15) is 4.79 Å². The Morgan fingerprint density at radius 1 is 1.32 bits per heavy atom. The van der Waals surface area contributed by atoms with E-state index in [1.807, 2.05) is 13.8 Å². The Balaban J connectivity index is 2.27. The molecule has 2 rings (SSSR count). The van der Waals surface area contributed by atoms with Crippen molar-refractivity contribution in [3.8, 4) is 0 Å². The van der Waals surface area contributed by atoms with E-state index in [-0.39, 0.29) is 11.8 Å². The second-order valence-corrected chi connectivity index (χ2v) is 5.98. The van der Waals surface area contributed by atoms with Gasteiger partial charge in [-0.3, -0.25) is 4.79 Å². The summed E-state index contributed by atoms with van der Waals surface area (Å²) in [5, 5.41) is 3.66. The summed E-state index contributed by atoms with van der Waals surface area (Å²) in [7, 11) is 0. The van der Waals surface area contributed by atoms with Gasteiger partial charge in [0.25, 0.3) is 0 Å². The zero-order valence-electron chi connectivity index (χ0n) is 11.9. The molecule has 0 saturated carbocycles. The molecule has 0 fully saturated rings. The van der Waals surface area contributed by atoms with Crippen LogP contribution in [0.15, 0.2) is 12.1 Å². The van der Waals surface area contributed by atoms with Crippen molar-refractivity contribution in [2.24, 2.45) is 5.92 Å². The van der Waals surface area contributed by atoms with Crippen molar-refractivity contribution in [3.05, 3.63) is 23.3 Å². The molecule has 3 nitrogen and oxygen atoms in total. The van der Waals surface area contributed by atoms with Crippen molar-refractivity contribution in [2.45, 2.75) is 40.5 Å².